The largest absolute Gasteiger partial charge is 0.338 e. The van der Waals surface area contributed by atoms with Gasteiger partial charge in [-0.25, -0.2) is 9.18 Å². The Hall–Kier alpha value is -3.22. The van der Waals surface area contributed by atoms with Gasteiger partial charge in [0.05, 0.1) is 5.69 Å². The molecule has 1 aliphatic heterocycles. The first-order chi connectivity index (χ1) is 14.0. The summed E-state index contributed by atoms with van der Waals surface area (Å²) in [6, 6.07) is 10.3. The van der Waals surface area contributed by atoms with Crippen molar-refractivity contribution in [3.63, 3.8) is 0 Å². The number of hydrogen-bond acceptors (Lipinski definition) is 4. The Morgan fingerprint density at radius 3 is 2.52 bits per heavy atom. The van der Waals surface area contributed by atoms with E-state index < -0.39 is 0 Å². The number of likely N-dealkylation sites (tertiary alicyclic amines) is 1. The fourth-order valence-electron chi connectivity index (χ4n) is 3.58. The molecule has 2 amide bonds. The minimum atomic E-state index is -0.246. The third-order valence-corrected chi connectivity index (χ3v) is 5.54. The number of carbonyl (C=O) groups excluding carboxylic acids is 1. The zero-order valence-corrected chi connectivity index (χ0v) is 16.5. The highest BCUT2D eigenvalue weighted by atomic mass is 19.1. The van der Waals surface area contributed by atoms with Crippen LogP contribution in [0, 0.1) is 19.7 Å². The molecule has 0 saturated carbocycles. The second-order valence-corrected chi connectivity index (χ2v) is 7.39. The molecule has 6 nitrogen and oxygen atoms in total. The molecule has 1 saturated heterocycles. The molecule has 29 heavy (non-hydrogen) atoms. The van der Waals surface area contributed by atoms with E-state index >= 15 is 0 Å². The molecule has 3 heterocycles. The lowest BCUT2D eigenvalue weighted by Crippen LogP contribution is -2.40. The Bertz CT molecular complexity index is 1010. The predicted octanol–water partition coefficient (Wildman–Crippen LogP) is 4.90. The first kappa shape index (κ1) is 19.1. The molecule has 150 valence electrons. The lowest BCUT2D eigenvalue weighted by Gasteiger charge is -2.31. The standard InChI is InChI=1S/C22H23FN4O2/c1-14-15(2)26-29-21(14)25-22(28)27-11-8-17(9-12-27)20-13-18(7-10-24-20)16-3-5-19(23)6-4-16/h3-7,10,13,17H,8-9,11-12H2,1-2H3,(H,25,28). The number of urea groups is 1. The maximum atomic E-state index is 13.2. The van der Waals surface area contributed by atoms with E-state index in [0.717, 1.165) is 40.9 Å². The number of rotatable bonds is 3. The van der Waals surface area contributed by atoms with E-state index in [-0.39, 0.29) is 17.8 Å². The van der Waals surface area contributed by atoms with Crippen LogP contribution in [0.25, 0.3) is 11.1 Å². The Morgan fingerprint density at radius 2 is 1.86 bits per heavy atom. The minimum Gasteiger partial charge on any atom is -0.338 e. The molecule has 1 aliphatic rings. The zero-order valence-electron chi connectivity index (χ0n) is 16.5. The van der Waals surface area contributed by atoms with Gasteiger partial charge >= 0.3 is 6.03 Å². The number of nitrogens with one attached hydrogen (secondary N) is 1. The van der Waals surface area contributed by atoms with Crippen molar-refractivity contribution in [3.05, 3.63) is 65.4 Å². The van der Waals surface area contributed by atoms with Gasteiger partial charge in [-0.15, -0.1) is 0 Å². The molecule has 3 aromatic rings. The molecular weight excluding hydrogens is 371 g/mol. The van der Waals surface area contributed by atoms with Gasteiger partial charge in [0.25, 0.3) is 0 Å². The number of nitrogens with zero attached hydrogens (tertiary/aromatic N) is 3. The molecule has 4 rings (SSSR count). The van der Waals surface area contributed by atoms with Gasteiger partial charge in [0.2, 0.25) is 5.88 Å². The number of anilines is 1. The number of carbonyl (C=O) groups is 1. The van der Waals surface area contributed by atoms with Gasteiger partial charge in [0, 0.05) is 36.5 Å². The van der Waals surface area contributed by atoms with Gasteiger partial charge in [0.15, 0.2) is 0 Å². The van der Waals surface area contributed by atoms with E-state index in [0.29, 0.717) is 19.0 Å². The van der Waals surface area contributed by atoms with E-state index in [1.165, 1.54) is 12.1 Å². The molecule has 1 N–H and O–H groups in total. The molecule has 2 aromatic heterocycles. The highest BCUT2D eigenvalue weighted by molar-refractivity contribution is 5.88. The quantitative estimate of drug-likeness (QED) is 0.686. The second-order valence-electron chi connectivity index (χ2n) is 7.39. The Balaban J connectivity index is 1.39. The molecule has 0 radical (unpaired) electrons. The third-order valence-electron chi connectivity index (χ3n) is 5.54. The Labute approximate surface area is 168 Å². The van der Waals surface area contributed by atoms with Crippen molar-refractivity contribution >= 4 is 11.9 Å². The number of pyridine rings is 1. The maximum absolute atomic E-state index is 13.2. The SMILES string of the molecule is Cc1noc(NC(=O)N2CCC(c3cc(-c4ccc(F)cc4)ccn3)CC2)c1C. The van der Waals surface area contributed by atoms with Crippen molar-refractivity contribution in [1.82, 2.24) is 15.0 Å². The van der Waals surface area contributed by atoms with Gasteiger partial charge in [-0.2, -0.15) is 0 Å². The van der Waals surface area contributed by atoms with Crippen LogP contribution in [0.2, 0.25) is 0 Å². The number of hydrogen-bond donors (Lipinski definition) is 1. The van der Waals surface area contributed by atoms with Crippen LogP contribution in [0.4, 0.5) is 15.1 Å². The number of piperidine rings is 1. The number of aromatic nitrogens is 2. The molecule has 0 bridgehead atoms. The van der Waals surface area contributed by atoms with Crippen LogP contribution in [-0.4, -0.2) is 34.2 Å². The van der Waals surface area contributed by atoms with Crippen LogP contribution < -0.4 is 5.32 Å². The van der Waals surface area contributed by atoms with Crippen LogP contribution in [0.1, 0.15) is 35.7 Å². The zero-order chi connectivity index (χ0) is 20.4. The van der Waals surface area contributed by atoms with Crippen molar-refractivity contribution in [1.29, 1.82) is 0 Å². The average molecular weight is 394 g/mol. The summed E-state index contributed by atoms with van der Waals surface area (Å²) in [6.07, 6.45) is 3.46. The van der Waals surface area contributed by atoms with Crippen LogP contribution in [-0.2, 0) is 0 Å². The van der Waals surface area contributed by atoms with E-state index in [9.17, 15) is 9.18 Å². The summed E-state index contributed by atoms with van der Waals surface area (Å²) >= 11 is 0. The Kier molecular flexibility index (Phi) is 5.29. The lowest BCUT2D eigenvalue weighted by atomic mass is 9.91. The fraction of sp³-hybridized carbons (Fsp3) is 0.318. The predicted molar refractivity (Wildman–Crippen MR) is 108 cm³/mol. The summed E-state index contributed by atoms with van der Waals surface area (Å²) in [5.41, 5.74) is 4.60. The third kappa shape index (κ3) is 4.13. The monoisotopic (exact) mass is 394 g/mol. The summed E-state index contributed by atoms with van der Waals surface area (Å²) in [5.74, 6) is 0.446. The molecule has 7 heteroatoms. The minimum absolute atomic E-state index is 0.171. The van der Waals surface area contributed by atoms with Crippen LogP contribution >= 0.6 is 0 Å². The van der Waals surface area contributed by atoms with Gasteiger partial charge in [-0.05, 0) is 62.1 Å². The lowest BCUT2D eigenvalue weighted by molar-refractivity contribution is 0.193. The van der Waals surface area contributed by atoms with Gasteiger partial charge < -0.3 is 9.42 Å². The topological polar surface area (TPSA) is 71.3 Å². The van der Waals surface area contributed by atoms with Crippen LogP contribution in [0.15, 0.2) is 47.1 Å². The average Bonchev–Trinajstić information content (AvgIpc) is 3.06. The molecule has 1 fully saturated rings. The second kappa shape index (κ2) is 8.03. The van der Waals surface area contributed by atoms with Gasteiger partial charge in [-0.3, -0.25) is 10.3 Å². The summed E-state index contributed by atoms with van der Waals surface area (Å²) < 4.78 is 18.3. The molecule has 0 atom stereocenters. The molecule has 0 aliphatic carbocycles. The van der Waals surface area contributed by atoms with E-state index in [4.69, 9.17) is 4.52 Å². The van der Waals surface area contributed by atoms with E-state index in [1.807, 2.05) is 19.9 Å². The highest BCUT2D eigenvalue weighted by Crippen LogP contribution is 2.30. The molecular formula is C22H23FN4O2. The van der Waals surface area contributed by atoms with Crippen molar-refractivity contribution in [3.8, 4) is 11.1 Å². The molecule has 0 spiro atoms. The number of aryl methyl sites for hydroxylation is 1. The van der Waals surface area contributed by atoms with Crippen LogP contribution in [0.5, 0.6) is 0 Å². The summed E-state index contributed by atoms with van der Waals surface area (Å²) in [7, 11) is 0. The molecule has 0 unspecified atom stereocenters. The first-order valence-electron chi connectivity index (χ1n) is 9.72. The highest BCUT2D eigenvalue weighted by Gasteiger charge is 2.26. The summed E-state index contributed by atoms with van der Waals surface area (Å²) in [4.78, 5) is 18.9. The number of benzene rings is 1. The molecule has 1 aromatic carbocycles. The van der Waals surface area contributed by atoms with Crippen molar-refractivity contribution in [2.75, 3.05) is 18.4 Å². The number of halogens is 1. The van der Waals surface area contributed by atoms with Crippen molar-refractivity contribution < 1.29 is 13.7 Å². The van der Waals surface area contributed by atoms with Gasteiger partial charge in [0.1, 0.15) is 5.82 Å². The normalized spacial score (nSPS) is 14.8. The Morgan fingerprint density at radius 1 is 1.14 bits per heavy atom. The number of amides is 2. The smallest absolute Gasteiger partial charge is 0.324 e. The van der Waals surface area contributed by atoms with Crippen LogP contribution in [0.3, 0.4) is 0 Å². The summed E-state index contributed by atoms with van der Waals surface area (Å²) in [5, 5.41) is 6.67. The summed E-state index contributed by atoms with van der Waals surface area (Å²) in [6.45, 7) is 5.00. The maximum Gasteiger partial charge on any atom is 0.324 e. The van der Waals surface area contributed by atoms with Crippen molar-refractivity contribution in [2.45, 2.75) is 32.6 Å². The van der Waals surface area contributed by atoms with E-state index in [1.54, 1.807) is 23.2 Å². The van der Waals surface area contributed by atoms with Crippen molar-refractivity contribution in [2.24, 2.45) is 0 Å². The van der Waals surface area contributed by atoms with Gasteiger partial charge in [-0.1, -0.05) is 17.3 Å². The fourth-order valence-corrected chi connectivity index (χ4v) is 3.58. The first-order valence-corrected chi connectivity index (χ1v) is 9.72. The van der Waals surface area contributed by atoms with E-state index in [2.05, 4.69) is 21.5 Å².